The standard InChI is InChI=1S/C17H24N4O3/c1-12-11-20(14(3)23)8-9-21(12)17(24)18-15-6-5-7-16(10-15)19(4)13(2)22/h5-7,10,12H,8-9,11H2,1-4H3,(H,18,24)/t12-/m1/s1. The lowest BCUT2D eigenvalue weighted by atomic mass is 10.2. The van der Waals surface area contributed by atoms with Crippen LogP contribution in [0.2, 0.25) is 0 Å². The molecule has 1 aromatic carbocycles. The first-order valence-corrected chi connectivity index (χ1v) is 7.97. The molecule has 24 heavy (non-hydrogen) atoms. The molecule has 1 aliphatic rings. The Bertz CT molecular complexity index is 646. The molecule has 1 saturated heterocycles. The Hall–Kier alpha value is -2.57. The van der Waals surface area contributed by atoms with Gasteiger partial charge in [-0.05, 0) is 25.1 Å². The smallest absolute Gasteiger partial charge is 0.322 e. The Labute approximate surface area is 142 Å². The van der Waals surface area contributed by atoms with Gasteiger partial charge in [-0.3, -0.25) is 9.59 Å². The second-order valence-electron chi connectivity index (χ2n) is 6.07. The van der Waals surface area contributed by atoms with Crippen LogP contribution in [0.5, 0.6) is 0 Å². The van der Waals surface area contributed by atoms with Gasteiger partial charge in [-0.1, -0.05) is 6.07 Å². The van der Waals surface area contributed by atoms with E-state index in [9.17, 15) is 14.4 Å². The predicted octanol–water partition coefficient (Wildman–Crippen LogP) is 1.75. The van der Waals surface area contributed by atoms with Gasteiger partial charge in [0.15, 0.2) is 0 Å². The van der Waals surface area contributed by atoms with E-state index >= 15 is 0 Å². The number of carbonyl (C=O) groups is 3. The molecule has 1 aliphatic heterocycles. The Morgan fingerprint density at radius 2 is 1.92 bits per heavy atom. The zero-order valence-electron chi connectivity index (χ0n) is 14.6. The van der Waals surface area contributed by atoms with Crippen molar-refractivity contribution in [3.8, 4) is 0 Å². The number of hydrogen-bond acceptors (Lipinski definition) is 3. The summed E-state index contributed by atoms with van der Waals surface area (Å²) < 4.78 is 0. The molecule has 1 N–H and O–H groups in total. The number of urea groups is 1. The van der Waals surface area contributed by atoms with E-state index < -0.39 is 0 Å². The van der Waals surface area contributed by atoms with Crippen LogP contribution in [0, 0.1) is 0 Å². The molecule has 0 saturated carbocycles. The Kier molecular flexibility index (Phi) is 5.43. The molecule has 0 unspecified atom stereocenters. The van der Waals surface area contributed by atoms with Crippen LogP contribution in [0.3, 0.4) is 0 Å². The molecule has 0 aromatic heterocycles. The lowest BCUT2D eigenvalue weighted by molar-refractivity contribution is -0.131. The van der Waals surface area contributed by atoms with Crippen molar-refractivity contribution in [2.75, 3.05) is 36.9 Å². The van der Waals surface area contributed by atoms with E-state index in [0.29, 0.717) is 25.3 Å². The van der Waals surface area contributed by atoms with Crippen LogP contribution in [0.15, 0.2) is 24.3 Å². The Morgan fingerprint density at radius 1 is 1.21 bits per heavy atom. The number of benzene rings is 1. The molecular weight excluding hydrogens is 308 g/mol. The van der Waals surface area contributed by atoms with E-state index in [1.165, 1.54) is 11.8 Å². The van der Waals surface area contributed by atoms with Gasteiger partial charge in [0.1, 0.15) is 0 Å². The van der Waals surface area contributed by atoms with Crippen molar-refractivity contribution in [2.45, 2.75) is 26.8 Å². The van der Waals surface area contributed by atoms with Crippen molar-refractivity contribution < 1.29 is 14.4 Å². The molecule has 130 valence electrons. The van der Waals surface area contributed by atoms with Crippen molar-refractivity contribution in [2.24, 2.45) is 0 Å². The minimum absolute atomic E-state index is 0.0295. The van der Waals surface area contributed by atoms with Gasteiger partial charge in [0.05, 0.1) is 0 Å². The monoisotopic (exact) mass is 332 g/mol. The SMILES string of the molecule is CC(=O)N1CCN(C(=O)Nc2cccc(N(C)C(C)=O)c2)[C@H](C)C1. The van der Waals surface area contributed by atoms with Crippen molar-refractivity contribution in [3.05, 3.63) is 24.3 Å². The summed E-state index contributed by atoms with van der Waals surface area (Å²) in [7, 11) is 1.69. The molecule has 0 aliphatic carbocycles. The summed E-state index contributed by atoms with van der Waals surface area (Å²) in [4.78, 5) is 40.4. The second kappa shape index (κ2) is 7.33. The lowest BCUT2D eigenvalue weighted by Gasteiger charge is -2.39. The van der Waals surface area contributed by atoms with Crippen LogP contribution in [-0.4, -0.2) is 60.4 Å². The first-order valence-electron chi connectivity index (χ1n) is 7.97. The molecule has 0 radical (unpaired) electrons. The number of nitrogens with zero attached hydrogens (tertiary/aromatic N) is 3. The lowest BCUT2D eigenvalue weighted by Crippen LogP contribution is -2.56. The fourth-order valence-electron chi connectivity index (χ4n) is 2.71. The minimum Gasteiger partial charge on any atom is -0.339 e. The van der Waals surface area contributed by atoms with Crippen LogP contribution in [-0.2, 0) is 9.59 Å². The minimum atomic E-state index is -0.201. The molecule has 1 heterocycles. The topological polar surface area (TPSA) is 73.0 Å². The van der Waals surface area contributed by atoms with Crippen molar-refractivity contribution in [1.82, 2.24) is 9.80 Å². The summed E-state index contributed by atoms with van der Waals surface area (Å²) in [6, 6.07) is 6.90. The van der Waals surface area contributed by atoms with Crippen LogP contribution < -0.4 is 10.2 Å². The van der Waals surface area contributed by atoms with Crippen molar-refractivity contribution in [3.63, 3.8) is 0 Å². The van der Waals surface area contributed by atoms with E-state index in [0.717, 1.165) is 5.69 Å². The normalized spacial score (nSPS) is 17.4. The first kappa shape index (κ1) is 17.8. The maximum Gasteiger partial charge on any atom is 0.322 e. The van der Waals surface area contributed by atoms with E-state index in [2.05, 4.69) is 5.32 Å². The molecule has 1 fully saturated rings. The Morgan fingerprint density at radius 3 is 2.50 bits per heavy atom. The zero-order chi connectivity index (χ0) is 17.9. The zero-order valence-corrected chi connectivity index (χ0v) is 14.6. The summed E-state index contributed by atoms with van der Waals surface area (Å²) >= 11 is 0. The van der Waals surface area contributed by atoms with Gasteiger partial charge < -0.3 is 20.0 Å². The third kappa shape index (κ3) is 4.04. The number of rotatable bonds is 2. The van der Waals surface area contributed by atoms with Gasteiger partial charge in [0, 0.05) is 57.9 Å². The highest BCUT2D eigenvalue weighted by Gasteiger charge is 2.28. The second-order valence-corrected chi connectivity index (χ2v) is 6.07. The maximum atomic E-state index is 12.5. The summed E-state index contributed by atoms with van der Waals surface area (Å²) in [5.41, 5.74) is 1.35. The van der Waals surface area contributed by atoms with E-state index in [1.807, 2.05) is 13.0 Å². The highest BCUT2D eigenvalue weighted by molar-refractivity contribution is 5.93. The molecule has 7 nitrogen and oxygen atoms in total. The van der Waals surface area contributed by atoms with E-state index in [-0.39, 0.29) is 23.9 Å². The highest BCUT2D eigenvalue weighted by atomic mass is 16.2. The van der Waals surface area contributed by atoms with Gasteiger partial charge in [0.2, 0.25) is 11.8 Å². The van der Waals surface area contributed by atoms with Gasteiger partial charge in [0.25, 0.3) is 0 Å². The number of carbonyl (C=O) groups excluding carboxylic acids is 3. The highest BCUT2D eigenvalue weighted by Crippen LogP contribution is 2.20. The quantitative estimate of drug-likeness (QED) is 0.897. The Balaban J connectivity index is 2.04. The van der Waals surface area contributed by atoms with Gasteiger partial charge >= 0.3 is 6.03 Å². The summed E-state index contributed by atoms with van der Waals surface area (Å²) in [6.45, 7) is 6.53. The van der Waals surface area contributed by atoms with Gasteiger partial charge in [-0.25, -0.2) is 4.79 Å². The fourth-order valence-corrected chi connectivity index (χ4v) is 2.71. The molecule has 4 amide bonds. The van der Waals surface area contributed by atoms with Crippen LogP contribution in [0.4, 0.5) is 16.2 Å². The fraction of sp³-hybridized carbons (Fsp3) is 0.471. The van der Waals surface area contributed by atoms with Gasteiger partial charge in [-0.15, -0.1) is 0 Å². The molecule has 0 bridgehead atoms. The predicted molar refractivity (Wildman–Crippen MR) is 93.0 cm³/mol. The third-order valence-corrected chi connectivity index (χ3v) is 4.29. The van der Waals surface area contributed by atoms with E-state index in [4.69, 9.17) is 0 Å². The number of anilines is 2. The molecule has 1 aromatic rings. The molecule has 1 atom stereocenters. The molecule has 0 spiro atoms. The average molecular weight is 332 g/mol. The van der Waals surface area contributed by atoms with Crippen molar-refractivity contribution >= 4 is 29.2 Å². The summed E-state index contributed by atoms with van der Waals surface area (Å²) in [5, 5.41) is 2.87. The third-order valence-electron chi connectivity index (χ3n) is 4.29. The maximum absolute atomic E-state index is 12.5. The largest absolute Gasteiger partial charge is 0.339 e. The van der Waals surface area contributed by atoms with E-state index in [1.54, 1.807) is 42.0 Å². The number of piperazine rings is 1. The van der Waals surface area contributed by atoms with Crippen molar-refractivity contribution in [1.29, 1.82) is 0 Å². The van der Waals surface area contributed by atoms with Crippen LogP contribution in [0.1, 0.15) is 20.8 Å². The van der Waals surface area contributed by atoms with Crippen LogP contribution >= 0.6 is 0 Å². The van der Waals surface area contributed by atoms with Gasteiger partial charge in [-0.2, -0.15) is 0 Å². The number of nitrogens with one attached hydrogen (secondary N) is 1. The average Bonchev–Trinajstić information content (AvgIpc) is 2.53. The van der Waals surface area contributed by atoms with Crippen LogP contribution in [0.25, 0.3) is 0 Å². The number of amides is 4. The molecular formula is C17H24N4O3. The first-order chi connectivity index (χ1) is 11.3. The number of hydrogen-bond donors (Lipinski definition) is 1. The summed E-state index contributed by atoms with van der Waals surface area (Å²) in [5.74, 6) is -0.0469. The molecule has 7 heteroatoms. The summed E-state index contributed by atoms with van der Waals surface area (Å²) in [6.07, 6.45) is 0. The molecule has 2 rings (SSSR count).